The van der Waals surface area contributed by atoms with Gasteiger partial charge in [-0.1, -0.05) is 28.9 Å². The zero-order chi connectivity index (χ0) is 13.7. The van der Waals surface area contributed by atoms with Crippen LogP contribution in [0, 0.1) is 0 Å². The molecular weight excluding hydrogens is 254 g/mol. The molecule has 1 amide bonds. The minimum atomic E-state index is -0.224. The zero-order valence-electron chi connectivity index (χ0n) is 10.3. The second-order valence-electron chi connectivity index (χ2n) is 4.00. The molecule has 0 aliphatic carbocycles. The van der Waals surface area contributed by atoms with Crippen molar-refractivity contribution in [3.63, 3.8) is 0 Å². The SMILES string of the molecule is CC(c1cccc(Cl)c1)N(C)C(=O)CC(N)=NO. The monoisotopic (exact) mass is 269 g/mol. The summed E-state index contributed by atoms with van der Waals surface area (Å²) in [5.41, 5.74) is 6.23. The van der Waals surface area contributed by atoms with E-state index < -0.39 is 0 Å². The summed E-state index contributed by atoms with van der Waals surface area (Å²) in [6.45, 7) is 1.88. The number of oxime groups is 1. The highest BCUT2D eigenvalue weighted by Crippen LogP contribution is 2.22. The first-order valence-electron chi connectivity index (χ1n) is 5.43. The van der Waals surface area contributed by atoms with Crippen LogP contribution in [0.1, 0.15) is 24.9 Å². The Bertz CT molecular complexity index is 462. The van der Waals surface area contributed by atoms with Crippen molar-refractivity contribution < 1.29 is 10.0 Å². The van der Waals surface area contributed by atoms with E-state index in [4.69, 9.17) is 22.5 Å². The fourth-order valence-electron chi connectivity index (χ4n) is 1.52. The lowest BCUT2D eigenvalue weighted by Gasteiger charge is -2.25. The Kier molecular flexibility index (Phi) is 4.97. The molecule has 0 saturated carbocycles. The minimum absolute atomic E-state index is 0.106. The van der Waals surface area contributed by atoms with Gasteiger partial charge in [0.2, 0.25) is 5.91 Å². The number of carbonyl (C=O) groups is 1. The summed E-state index contributed by atoms with van der Waals surface area (Å²) < 4.78 is 0. The van der Waals surface area contributed by atoms with Gasteiger partial charge in [0.25, 0.3) is 0 Å². The van der Waals surface area contributed by atoms with Gasteiger partial charge in [0, 0.05) is 12.1 Å². The maximum Gasteiger partial charge on any atom is 0.230 e. The summed E-state index contributed by atoms with van der Waals surface area (Å²) in [6.07, 6.45) is -0.113. The fourth-order valence-corrected chi connectivity index (χ4v) is 1.72. The van der Waals surface area contributed by atoms with Gasteiger partial charge in [-0.05, 0) is 24.6 Å². The summed E-state index contributed by atoms with van der Waals surface area (Å²) in [6, 6.07) is 7.16. The minimum Gasteiger partial charge on any atom is -0.409 e. The van der Waals surface area contributed by atoms with Crippen molar-refractivity contribution in [1.29, 1.82) is 0 Å². The zero-order valence-corrected chi connectivity index (χ0v) is 11.1. The van der Waals surface area contributed by atoms with E-state index in [0.29, 0.717) is 5.02 Å². The van der Waals surface area contributed by atoms with Crippen molar-refractivity contribution in [3.05, 3.63) is 34.9 Å². The van der Waals surface area contributed by atoms with Crippen LogP contribution in [0.3, 0.4) is 0 Å². The van der Waals surface area contributed by atoms with Gasteiger partial charge in [-0.15, -0.1) is 0 Å². The maximum atomic E-state index is 11.8. The maximum absolute atomic E-state index is 11.8. The first kappa shape index (κ1) is 14.3. The first-order valence-corrected chi connectivity index (χ1v) is 5.81. The number of hydrogen-bond acceptors (Lipinski definition) is 3. The normalized spacial score (nSPS) is 13.2. The Balaban J connectivity index is 2.77. The van der Waals surface area contributed by atoms with E-state index in [1.807, 2.05) is 19.1 Å². The third-order valence-corrected chi connectivity index (χ3v) is 3.00. The number of amidine groups is 1. The first-order chi connectivity index (χ1) is 8.45. The van der Waals surface area contributed by atoms with E-state index in [9.17, 15) is 4.79 Å². The highest BCUT2D eigenvalue weighted by molar-refractivity contribution is 6.30. The van der Waals surface area contributed by atoms with E-state index in [1.54, 1.807) is 19.2 Å². The van der Waals surface area contributed by atoms with Crippen LogP contribution >= 0.6 is 11.6 Å². The Morgan fingerprint density at radius 2 is 2.28 bits per heavy atom. The topological polar surface area (TPSA) is 78.9 Å². The molecule has 0 aromatic heterocycles. The van der Waals surface area contributed by atoms with Gasteiger partial charge in [0.15, 0.2) is 0 Å². The molecule has 0 bridgehead atoms. The molecule has 98 valence electrons. The van der Waals surface area contributed by atoms with Crippen LogP contribution in [0.5, 0.6) is 0 Å². The predicted octanol–water partition coefficient (Wildman–Crippen LogP) is 2.00. The Hall–Kier alpha value is -1.75. The lowest BCUT2D eigenvalue weighted by Crippen LogP contribution is -2.32. The van der Waals surface area contributed by atoms with Crippen LogP contribution in [0.4, 0.5) is 0 Å². The molecule has 0 aliphatic rings. The fraction of sp³-hybridized carbons (Fsp3) is 0.333. The number of nitrogens with zero attached hydrogens (tertiary/aromatic N) is 2. The molecule has 0 fully saturated rings. The van der Waals surface area contributed by atoms with E-state index in [0.717, 1.165) is 5.56 Å². The standard InChI is InChI=1S/C12H16ClN3O2/c1-8(9-4-3-5-10(13)6-9)16(2)12(17)7-11(14)15-18/h3-6,8,18H,7H2,1-2H3,(H2,14,15). The molecule has 0 spiro atoms. The van der Waals surface area contributed by atoms with Gasteiger partial charge < -0.3 is 15.8 Å². The van der Waals surface area contributed by atoms with Crippen LogP contribution < -0.4 is 5.73 Å². The van der Waals surface area contributed by atoms with E-state index >= 15 is 0 Å². The Labute approximate surface area is 111 Å². The predicted molar refractivity (Wildman–Crippen MR) is 70.7 cm³/mol. The van der Waals surface area contributed by atoms with Gasteiger partial charge >= 0.3 is 0 Å². The molecular formula is C12H16ClN3O2. The molecule has 5 nitrogen and oxygen atoms in total. The van der Waals surface area contributed by atoms with E-state index in [2.05, 4.69) is 5.16 Å². The van der Waals surface area contributed by atoms with Crippen molar-refractivity contribution in [2.75, 3.05) is 7.05 Å². The largest absolute Gasteiger partial charge is 0.409 e. The highest BCUT2D eigenvalue weighted by atomic mass is 35.5. The molecule has 1 rings (SSSR count). The van der Waals surface area contributed by atoms with Crippen LogP contribution in [0.2, 0.25) is 5.02 Å². The second-order valence-corrected chi connectivity index (χ2v) is 4.44. The number of rotatable bonds is 4. The van der Waals surface area contributed by atoms with Gasteiger partial charge in [-0.3, -0.25) is 4.79 Å². The molecule has 6 heteroatoms. The summed E-state index contributed by atoms with van der Waals surface area (Å²) in [5.74, 6) is -0.331. The molecule has 0 radical (unpaired) electrons. The van der Waals surface area contributed by atoms with Crippen molar-refractivity contribution >= 4 is 23.3 Å². The number of halogens is 1. The lowest BCUT2D eigenvalue weighted by atomic mass is 10.1. The van der Waals surface area contributed by atoms with Gasteiger partial charge in [-0.25, -0.2) is 0 Å². The van der Waals surface area contributed by atoms with E-state index in [1.165, 1.54) is 4.90 Å². The molecule has 0 saturated heterocycles. The third kappa shape index (κ3) is 3.63. The van der Waals surface area contributed by atoms with E-state index in [-0.39, 0.29) is 24.2 Å². The van der Waals surface area contributed by atoms with Gasteiger partial charge in [0.05, 0.1) is 12.5 Å². The van der Waals surface area contributed by atoms with Crippen molar-refractivity contribution in [2.24, 2.45) is 10.9 Å². The van der Waals surface area contributed by atoms with Crippen LogP contribution in [-0.2, 0) is 4.79 Å². The number of nitrogens with two attached hydrogens (primary N) is 1. The van der Waals surface area contributed by atoms with Crippen LogP contribution in [-0.4, -0.2) is 28.9 Å². The van der Waals surface area contributed by atoms with Gasteiger partial charge in [-0.2, -0.15) is 0 Å². The molecule has 1 atom stereocenters. The van der Waals surface area contributed by atoms with Crippen LogP contribution in [0.15, 0.2) is 29.4 Å². The third-order valence-electron chi connectivity index (χ3n) is 2.77. The number of hydrogen-bond donors (Lipinski definition) is 2. The quantitative estimate of drug-likeness (QED) is 0.380. The molecule has 0 aliphatic heterocycles. The smallest absolute Gasteiger partial charge is 0.230 e. The number of carbonyl (C=O) groups excluding carboxylic acids is 1. The molecule has 1 unspecified atom stereocenters. The molecule has 1 aromatic rings. The lowest BCUT2D eigenvalue weighted by molar-refractivity contribution is -0.130. The van der Waals surface area contributed by atoms with Crippen molar-refractivity contribution in [2.45, 2.75) is 19.4 Å². The average molecular weight is 270 g/mol. The molecule has 3 N–H and O–H groups in total. The summed E-state index contributed by atoms with van der Waals surface area (Å²) >= 11 is 5.90. The summed E-state index contributed by atoms with van der Waals surface area (Å²) in [4.78, 5) is 13.4. The van der Waals surface area contributed by atoms with Crippen molar-refractivity contribution in [3.8, 4) is 0 Å². The summed E-state index contributed by atoms with van der Waals surface area (Å²) in [5, 5.41) is 11.8. The highest BCUT2D eigenvalue weighted by Gasteiger charge is 2.18. The summed E-state index contributed by atoms with van der Waals surface area (Å²) in [7, 11) is 1.67. The van der Waals surface area contributed by atoms with Crippen molar-refractivity contribution in [1.82, 2.24) is 4.90 Å². The van der Waals surface area contributed by atoms with Crippen LogP contribution in [0.25, 0.3) is 0 Å². The molecule has 0 heterocycles. The molecule has 1 aromatic carbocycles. The van der Waals surface area contributed by atoms with Gasteiger partial charge in [0.1, 0.15) is 5.84 Å². The number of benzene rings is 1. The Morgan fingerprint density at radius 1 is 1.61 bits per heavy atom. The Morgan fingerprint density at radius 3 is 2.83 bits per heavy atom. The average Bonchev–Trinajstić information content (AvgIpc) is 2.36. The number of amides is 1. The molecule has 18 heavy (non-hydrogen) atoms. The second kappa shape index (κ2) is 6.26.